The topological polar surface area (TPSA) is 24.9 Å². The average Bonchev–Trinajstić information content (AvgIpc) is 2.49. The number of nitrogens with one attached hydrogen (secondary N) is 1. The highest BCUT2D eigenvalue weighted by Crippen LogP contribution is 2.27. The van der Waals surface area contributed by atoms with Crippen molar-refractivity contribution in [2.45, 2.75) is 26.8 Å². The van der Waals surface area contributed by atoms with Gasteiger partial charge in [-0.05, 0) is 49.2 Å². The molecule has 0 aliphatic carbocycles. The predicted molar refractivity (Wildman–Crippen MR) is 89.7 cm³/mol. The van der Waals surface area contributed by atoms with Crippen molar-refractivity contribution < 1.29 is 0 Å². The number of aromatic nitrogens is 1. The zero-order chi connectivity index (χ0) is 14.8. The van der Waals surface area contributed by atoms with Crippen LogP contribution in [-0.2, 0) is 0 Å². The fourth-order valence-corrected chi connectivity index (χ4v) is 2.78. The number of benzene rings is 2. The molecule has 1 atom stereocenters. The number of nitrogens with zero attached hydrogens (tertiary/aromatic N) is 1. The van der Waals surface area contributed by atoms with Crippen LogP contribution in [0.3, 0.4) is 0 Å². The standard InChI is InChI=1S/C19H20N2/c1-13-11-12-19(15(3)20-13)21-14(2)17-10-6-8-16-7-4-5-9-18(16)17/h4-12,14,21H,1-3H3. The van der Waals surface area contributed by atoms with Crippen LogP contribution >= 0.6 is 0 Å². The quantitative estimate of drug-likeness (QED) is 0.726. The smallest absolute Gasteiger partial charge is 0.0607 e. The van der Waals surface area contributed by atoms with Gasteiger partial charge in [-0.1, -0.05) is 42.5 Å². The van der Waals surface area contributed by atoms with Crippen LogP contribution in [0.1, 0.15) is 29.9 Å². The van der Waals surface area contributed by atoms with Gasteiger partial charge in [-0.25, -0.2) is 0 Å². The van der Waals surface area contributed by atoms with Crippen LogP contribution in [0.5, 0.6) is 0 Å². The lowest BCUT2D eigenvalue weighted by Gasteiger charge is -2.19. The maximum atomic E-state index is 4.52. The molecule has 21 heavy (non-hydrogen) atoms. The maximum Gasteiger partial charge on any atom is 0.0607 e. The summed E-state index contributed by atoms with van der Waals surface area (Å²) >= 11 is 0. The van der Waals surface area contributed by atoms with E-state index >= 15 is 0 Å². The van der Waals surface area contributed by atoms with E-state index in [0.717, 1.165) is 17.1 Å². The Labute approximate surface area is 125 Å². The van der Waals surface area contributed by atoms with Crippen LogP contribution < -0.4 is 5.32 Å². The number of hydrogen-bond donors (Lipinski definition) is 1. The molecule has 0 saturated carbocycles. The molecule has 2 heteroatoms. The zero-order valence-electron chi connectivity index (χ0n) is 12.7. The molecule has 0 aliphatic rings. The number of rotatable bonds is 3. The Kier molecular flexibility index (Phi) is 3.61. The van der Waals surface area contributed by atoms with Gasteiger partial charge in [0.15, 0.2) is 0 Å². The van der Waals surface area contributed by atoms with Crippen LogP contribution in [-0.4, -0.2) is 4.98 Å². The highest BCUT2D eigenvalue weighted by Gasteiger charge is 2.10. The van der Waals surface area contributed by atoms with E-state index < -0.39 is 0 Å². The Hall–Kier alpha value is -2.35. The Morgan fingerprint density at radius 1 is 0.905 bits per heavy atom. The van der Waals surface area contributed by atoms with E-state index in [1.165, 1.54) is 16.3 Å². The SMILES string of the molecule is Cc1ccc(NC(C)c2cccc3ccccc23)c(C)n1. The molecule has 0 saturated heterocycles. The Bertz CT molecular complexity index is 772. The van der Waals surface area contributed by atoms with Crippen molar-refractivity contribution in [3.8, 4) is 0 Å². The lowest BCUT2D eigenvalue weighted by Crippen LogP contribution is -2.09. The number of hydrogen-bond acceptors (Lipinski definition) is 2. The minimum Gasteiger partial charge on any atom is -0.377 e. The summed E-state index contributed by atoms with van der Waals surface area (Å²) < 4.78 is 0. The monoisotopic (exact) mass is 276 g/mol. The second kappa shape index (κ2) is 5.57. The van der Waals surface area contributed by atoms with E-state index in [-0.39, 0.29) is 6.04 Å². The van der Waals surface area contributed by atoms with Gasteiger partial charge in [0, 0.05) is 11.7 Å². The molecule has 1 unspecified atom stereocenters. The van der Waals surface area contributed by atoms with Gasteiger partial charge in [-0.15, -0.1) is 0 Å². The molecule has 0 fully saturated rings. The van der Waals surface area contributed by atoms with Crippen molar-refractivity contribution in [3.05, 3.63) is 71.5 Å². The maximum absolute atomic E-state index is 4.52. The van der Waals surface area contributed by atoms with Crippen LogP contribution in [0.2, 0.25) is 0 Å². The molecule has 3 rings (SSSR count). The molecule has 3 aromatic rings. The van der Waals surface area contributed by atoms with Gasteiger partial charge in [0.05, 0.1) is 11.4 Å². The first-order valence-corrected chi connectivity index (χ1v) is 7.33. The van der Waals surface area contributed by atoms with E-state index in [9.17, 15) is 0 Å². The number of anilines is 1. The normalized spacial score (nSPS) is 12.3. The molecule has 0 radical (unpaired) electrons. The largest absolute Gasteiger partial charge is 0.377 e. The van der Waals surface area contributed by atoms with E-state index in [0.29, 0.717) is 0 Å². The van der Waals surface area contributed by atoms with Crippen molar-refractivity contribution >= 4 is 16.5 Å². The summed E-state index contributed by atoms with van der Waals surface area (Å²) in [6, 6.07) is 19.4. The molecule has 0 spiro atoms. The third kappa shape index (κ3) is 2.75. The van der Waals surface area contributed by atoms with Gasteiger partial charge >= 0.3 is 0 Å². The third-order valence-corrected chi connectivity index (χ3v) is 3.89. The third-order valence-electron chi connectivity index (χ3n) is 3.89. The van der Waals surface area contributed by atoms with E-state index in [1.807, 2.05) is 19.9 Å². The molecule has 0 aliphatic heterocycles. The zero-order valence-corrected chi connectivity index (χ0v) is 12.7. The molecule has 2 nitrogen and oxygen atoms in total. The van der Waals surface area contributed by atoms with E-state index in [4.69, 9.17) is 0 Å². The van der Waals surface area contributed by atoms with Crippen molar-refractivity contribution in [1.29, 1.82) is 0 Å². The van der Waals surface area contributed by atoms with Gasteiger partial charge < -0.3 is 5.32 Å². The highest BCUT2D eigenvalue weighted by atomic mass is 14.9. The predicted octanol–water partition coefficient (Wildman–Crippen LogP) is 5.02. The second-order valence-corrected chi connectivity index (χ2v) is 5.52. The van der Waals surface area contributed by atoms with Gasteiger partial charge in [-0.3, -0.25) is 4.98 Å². The average molecular weight is 276 g/mol. The first-order chi connectivity index (χ1) is 10.1. The number of fused-ring (bicyclic) bond motifs is 1. The lowest BCUT2D eigenvalue weighted by atomic mass is 9.99. The number of pyridine rings is 1. The molecule has 0 bridgehead atoms. The summed E-state index contributed by atoms with van der Waals surface area (Å²) in [7, 11) is 0. The molecule has 106 valence electrons. The van der Waals surface area contributed by atoms with Crippen LogP contribution in [0.4, 0.5) is 5.69 Å². The van der Waals surface area contributed by atoms with Gasteiger partial charge in [0.1, 0.15) is 0 Å². The minimum atomic E-state index is 0.235. The van der Waals surface area contributed by atoms with Gasteiger partial charge in [0.25, 0.3) is 0 Å². The Morgan fingerprint density at radius 2 is 1.67 bits per heavy atom. The van der Waals surface area contributed by atoms with Crippen molar-refractivity contribution in [2.75, 3.05) is 5.32 Å². The molecular formula is C19H20N2. The Morgan fingerprint density at radius 3 is 2.48 bits per heavy atom. The van der Waals surface area contributed by atoms with Gasteiger partial charge in [-0.2, -0.15) is 0 Å². The minimum absolute atomic E-state index is 0.235. The first-order valence-electron chi connectivity index (χ1n) is 7.33. The molecular weight excluding hydrogens is 256 g/mol. The fourth-order valence-electron chi connectivity index (χ4n) is 2.78. The van der Waals surface area contributed by atoms with Crippen LogP contribution in [0.15, 0.2) is 54.6 Å². The molecule has 1 heterocycles. The van der Waals surface area contributed by atoms with Crippen molar-refractivity contribution in [3.63, 3.8) is 0 Å². The van der Waals surface area contributed by atoms with Crippen LogP contribution in [0.25, 0.3) is 10.8 Å². The van der Waals surface area contributed by atoms with Crippen molar-refractivity contribution in [1.82, 2.24) is 4.98 Å². The summed E-state index contributed by atoms with van der Waals surface area (Å²) in [6.45, 7) is 6.26. The second-order valence-electron chi connectivity index (χ2n) is 5.52. The summed E-state index contributed by atoms with van der Waals surface area (Å²) in [6.07, 6.45) is 0. The Balaban J connectivity index is 1.95. The summed E-state index contributed by atoms with van der Waals surface area (Å²) in [5, 5.41) is 6.17. The number of aryl methyl sites for hydroxylation is 2. The molecule has 0 amide bonds. The van der Waals surface area contributed by atoms with Gasteiger partial charge in [0.2, 0.25) is 0 Å². The van der Waals surface area contributed by atoms with Crippen LogP contribution in [0, 0.1) is 13.8 Å². The first kappa shape index (κ1) is 13.6. The van der Waals surface area contributed by atoms with Crippen molar-refractivity contribution in [2.24, 2.45) is 0 Å². The highest BCUT2D eigenvalue weighted by molar-refractivity contribution is 5.86. The molecule has 2 aromatic carbocycles. The summed E-state index contributed by atoms with van der Waals surface area (Å²) in [4.78, 5) is 4.52. The summed E-state index contributed by atoms with van der Waals surface area (Å²) in [5.74, 6) is 0. The van der Waals surface area contributed by atoms with E-state index in [2.05, 4.69) is 65.8 Å². The molecule has 1 aromatic heterocycles. The summed E-state index contributed by atoms with van der Waals surface area (Å²) in [5.41, 5.74) is 4.51. The fraction of sp³-hybridized carbons (Fsp3) is 0.211. The lowest BCUT2D eigenvalue weighted by molar-refractivity contribution is 0.887. The molecule has 1 N–H and O–H groups in total. The van der Waals surface area contributed by atoms with E-state index in [1.54, 1.807) is 0 Å².